The first-order valence-corrected chi connectivity index (χ1v) is 6.26. The van der Waals surface area contributed by atoms with E-state index >= 15 is 0 Å². The van der Waals surface area contributed by atoms with Crippen molar-refractivity contribution in [3.05, 3.63) is 23.8 Å². The van der Waals surface area contributed by atoms with Crippen molar-refractivity contribution in [3.8, 4) is 11.5 Å². The summed E-state index contributed by atoms with van der Waals surface area (Å²) in [5, 5.41) is 0. The van der Waals surface area contributed by atoms with Crippen LogP contribution in [-0.2, 0) is 5.88 Å². The van der Waals surface area contributed by atoms with Gasteiger partial charge in [0.25, 0.3) is 0 Å². The Hall–Kier alpha value is -0.890. The molecule has 0 heterocycles. The molecule has 0 aliphatic heterocycles. The van der Waals surface area contributed by atoms with Gasteiger partial charge in [-0.2, -0.15) is 0 Å². The van der Waals surface area contributed by atoms with Gasteiger partial charge in [-0.3, -0.25) is 0 Å². The Balaban J connectivity index is 2.15. The van der Waals surface area contributed by atoms with Gasteiger partial charge in [-0.15, -0.1) is 11.6 Å². The lowest BCUT2D eigenvalue weighted by atomic mass is 10.2. The molecule has 1 fully saturated rings. The number of rotatable bonds is 4. The van der Waals surface area contributed by atoms with Gasteiger partial charge in [0.05, 0.1) is 13.2 Å². The van der Waals surface area contributed by atoms with Crippen molar-refractivity contribution in [2.45, 2.75) is 37.7 Å². The normalized spacial score (nSPS) is 16.4. The maximum Gasteiger partial charge on any atom is 0.161 e. The van der Waals surface area contributed by atoms with Crippen molar-refractivity contribution in [3.63, 3.8) is 0 Å². The molecular weight excluding hydrogens is 224 g/mol. The minimum absolute atomic E-state index is 0.347. The van der Waals surface area contributed by atoms with Gasteiger partial charge in [0.1, 0.15) is 0 Å². The number of alkyl halides is 1. The zero-order valence-electron chi connectivity index (χ0n) is 9.54. The molecule has 1 aliphatic carbocycles. The smallest absolute Gasteiger partial charge is 0.161 e. The van der Waals surface area contributed by atoms with E-state index in [4.69, 9.17) is 21.1 Å². The van der Waals surface area contributed by atoms with Crippen LogP contribution in [0.5, 0.6) is 11.5 Å². The third-order valence-electron chi connectivity index (χ3n) is 2.98. The van der Waals surface area contributed by atoms with Crippen LogP contribution in [-0.4, -0.2) is 13.2 Å². The summed E-state index contributed by atoms with van der Waals surface area (Å²) < 4.78 is 11.2. The van der Waals surface area contributed by atoms with Crippen molar-refractivity contribution in [2.75, 3.05) is 7.11 Å². The first-order valence-electron chi connectivity index (χ1n) is 5.73. The van der Waals surface area contributed by atoms with Crippen molar-refractivity contribution in [2.24, 2.45) is 0 Å². The predicted molar refractivity (Wildman–Crippen MR) is 65.4 cm³/mol. The topological polar surface area (TPSA) is 18.5 Å². The molecule has 0 radical (unpaired) electrons. The lowest BCUT2D eigenvalue weighted by molar-refractivity contribution is 0.200. The molecule has 0 aromatic heterocycles. The van der Waals surface area contributed by atoms with Gasteiger partial charge in [0, 0.05) is 5.88 Å². The van der Waals surface area contributed by atoms with Gasteiger partial charge in [0.2, 0.25) is 0 Å². The monoisotopic (exact) mass is 240 g/mol. The minimum Gasteiger partial charge on any atom is -0.493 e. The largest absolute Gasteiger partial charge is 0.493 e. The summed E-state index contributed by atoms with van der Waals surface area (Å²) in [6.45, 7) is 0. The highest BCUT2D eigenvalue weighted by Crippen LogP contribution is 2.32. The first kappa shape index (κ1) is 11.6. The van der Waals surface area contributed by atoms with Crippen molar-refractivity contribution >= 4 is 11.6 Å². The van der Waals surface area contributed by atoms with Gasteiger partial charge >= 0.3 is 0 Å². The number of hydrogen-bond donors (Lipinski definition) is 0. The lowest BCUT2D eigenvalue weighted by Crippen LogP contribution is -2.11. The van der Waals surface area contributed by atoms with Crippen molar-refractivity contribution in [1.29, 1.82) is 0 Å². The van der Waals surface area contributed by atoms with Crippen LogP contribution in [0.3, 0.4) is 0 Å². The third kappa shape index (κ3) is 2.62. The van der Waals surface area contributed by atoms with Crippen molar-refractivity contribution < 1.29 is 9.47 Å². The Kier molecular flexibility index (Phi) is 3.94. The summed E-state index contributed by atoms with van der Waals surface area (Å²) in [4.78, 5) is 0. The molecule has 0 bridgehead atoms. The summed E-state index contributed by atoms with van der Waals surface area (Å²) >= 11 is 5.81. The molecule has 2 rings (SSSR count). The van der Waals surface area contributed by atoms with Crippen LogP contribution in [0.15, 0.2) is 18.2 Å². The van der Waals surface area contributed by atoms with E-state index in [2.05, 4.69) is 0 Å². The molecule has 0 unspecified atom stereocenters. The Morgan fingerprint density at radius 3 is 2.62 bits per heavy atom. The highest BCUT2D eigenvalue weighted by atomic mass is 35.5. The van der Waals surface area contributed by atoms with E-state index < -0.39 is 0 Å². The van der Waals surface area contributed by atoms with Gasteiger partial charge < -0.3 is 9.47 Å². The van der Waals surface area contributed by atoms with E-state index in [0.29, 0.717) is 12.0 Å². The maximum atomic E-state index is 5.96. The number of halogens is 1. The Bertz CT molecular complexity index is 346. The average molecular weight is 241 g/mol. The number of ether oxygens (including phenoxy) is 2. The number of methoxy groups -OCH3 is 1. The van der Waals surface area contributed by atoms with E-state index in [1.807, 2.05) is 18.2 Å². The second-order valence-electron chi connectivity index (χ2n) is 4.14. The second kappa shape index (κ2) is 5.44. The lowest BCUT2D eigenvalue weighted by Gasteiger charge is -2.16. The fourth-order valence-electron chi connectivity index (χ4n) is 2.08. The van der Waals surface area contributed by atoms with Crippen molar-refractivity contribution in [1.82, 2.24) is 0 Å². The SMILES string of the molecule is COc1ccc(CCl)cc1OC1CCCC1. The van der Waals surface area contributed by atoms with Crippen LogP contribution in [0.25, 0.3) is 0 Å². The zero-order valence-corrected chi connectivity index (χ0v) is 10.3. The Morgan fingerprint density at radius 1 is 1.25 bits per heavy atom. The highest BCUT2D eigenvalue weighted by Gasteiger charge is 2.18. The zero-order chi connectivity index (χ0) is 11.4. The summed E-state index contributed by atoms with van der Waals surface area (Å²) in [5.74, 6) is 2.12. The molecular formula is C13H17ClO2. The molecule has 1 aromatic rings. The maximum absolute atomic E-state index is 5.96. The van der Waals surface area contributed by atoms with E-state index in [1.165, 1.54) is 12.8 Å². The van der Waals surface area contributed by atoms with Gasteiger partial charge in [-0.05, 0) is 43.4 Å². The fourth-order valence-corrected chi connectivity index (χ4v) is 2.25. The summed E-state index contributed by atoms with van der Waals surface area (Å²) in [5.41, 5.74) is 1.07. The highest BCUT2D eigenvalue weighted by molar-refractivity contribution is 6.17. The number of hydrogen-bond acceptors (Lipinski definition) is 2. The molecule has 1 aromatic carbocycles. The number of benzene rings is 1. The molecule has 3 heteroatoms. The predicted octanol–water partition coefficient (Wildman–Crippen LogP) is 3.76. The summed E-state index contributed by atoms with van der Waals surface area (Å²) in [6.07, 6.45) is 5.17. The third-order valence-corrected chi connectivity index (χ3v) is 3.29. The Labute approximate surface area is 102 Å². The Morgan fingerprint density at radius 2 is 2.00 bits per heavy atom. The molecule has 0 N–H and O–H groups in total. The van der Waals surface area contributed by atoms with Crippen LogP contribution in [0.2, 0.25) is 0 Å². The van der Waals surface area contributed by atoms with Crippen LogP contribution >= 0.6 is 11.6 Å². The molecule has 0 saturated heterocycles. The van der Waals surface area contributed by atoms with Crippen LogP contribution in [0.1, 0.15) is 31.2 Å². The second-order valence-corrected chi connectivity index (χ2v) is 4.41. The average Bonchev–Trinajstić information content (AvgIpc) is 2.82. The quantitative estimate of drug-likeness (QED) is 0.747. The fraction of sp³-hybridized carbons (Fsp3) is 0.538. The van der Waals surface area contributed by atoms with E-state index in [9.17, 15) is 0 Å². The van der Waals surface area contributed by atoms with Crippen LogP contribution in [0, 0.1) is 0 Å². The molecule has 2 nitrogen and oxygen atoms in total. The molecule has 1 aliphatic rings. The minimum atomic E-state index is 0.347. The summed E-state index contributed by atoms with van der Waals surface area (Å²) in [7, 11) is 1.66. The first-order chi connectivity index (χ1) is 7.83. The molecule has 0 atom stereocenters. The van der Waals surface area contributed by atoms with Crippen LogP contribution in [0.4, 0.5) is 0 Å². The van der Waals surface area contributed by atoms with E-state index in [0.717, 1.165) is 29.9 Å². The summed E-state index contributed by atoms with van der Waals surface area (Å²) in [6, 6.07) is 5.86. The van der Waals surface area contributed by atoms with Gasteiger partial charge in [0.15, 0.2) is 11.5 Å². The van der Waals surface area contributed by atoms with Crippen LogP contribution < -0.4 is 9.47 Å². The van der Waals surface area contributed by atoms with Gasteiger partial charge in [-0.25, -0.2) is 0 Å². The molecule has 0 amide bonds. The van der Waals surface area contributed by atoms with E-state index in [-0.39, 0.29) is 0 Å². The standard InChI is InChI=1S/C13H17ClO2/c1-15-12-7-6-10(9-14)8-13(12)16-11-4-2-3-5-11/h6-8,11H,2-5,9H2,1H3. The molecule has 88 valence electrons. The molecule has 16 heavy (non-hydrogen) atoms. The van der Waals surface area contributed by atoms with Gasteiger partial charge in [-0.1, -0.05) is 6.07 Å². The van der Waals surface area contributed by atoms with E-state index in [1.54, 1.807) is 7.11 Å². The molecule has 1 saturated carbocycles. The molecule has 0 spiro atoms.